The van der Waals surface area contributed by atoms with E-state index >= 15 is 0 Å². The number of aryl methyl sites for hydroxylation is 1. The van der Waals surface area contributed by atoms with Gasteiger partial charge in [-0.05, 0) is 49.2 Å². The summed E-state index contributed by atoms with van der Waals surface area (Å²) in [6.45, 7) is 3.74. The summed E-state index contributed by atoms with van der Waals surface area (Å²) in [6.07, 6.45) is -0.0247. The molecule has 0 saturated heterocycles. The third kappa shape index (κ3) is 7.56. The fraction of sp³-hybridized carbons (Fsp3) is 0.200. The summed E-state index contributed by atoms with van der Waals surface area (Å²) in [5.74, 6) is -2.12. The van der Waals surface area contributed by atoms with Gasteiger partial charge in [-0.15, -0.1) is 0 Å². The summed E-state index contributed by atoms with van der Waals surface area (Å²) < 4.78 is 0. The molecule has 0 fully saturated rings. The maximum atomic E-state index is 12.0. The molecule has 2 rings (SSSR count). The fourth-order valence-corrected chi connectivity index (χ4v) is 2.50. The third-order valence-electron chi connectivity index (χ3n) is 3.80. The minimum absolute atomic E-state index is 0.0247. The molecular formula is C20H20Cl2N4O3. The first-order chi connectivity index (χ1) is 13.7. The smallest absolute Gasteiger partial charge is 0.329 e. The molecule has 0 radical (unpaired) electrons. The lowest BCUT2D eigenvalue weighted by Gasteiger charge is -2.07. The maximum absolute atomic E-state index is 12.0. The van der Waals surface area contributed by atoms with E-state index in [1.54, 1.807) is 37.3 Å². The van der Waals surface area contributed by atoms with E-state index in [-0.39, 0.29) is 12.3 Å². The van der Waals surface area contributed by atoms with Crippen LogP contribution in [0.2, 0.25) is 10.0 Å². The lowest BCUT2D eigenvalue weighted by molar-refractivity contribution is -0.136. The highest BCUT2D eigenvalue weighted by Gasteiger charge is 2.14. The molecule has 3 amide bonds. The predicted octanol–water partition coefficient (Wildman–Crippen LogP) is 3.44. The Bertz CT molecular complexity index is 943. The molecule has 29 heavy (non-hydrogen) atoms. The Hall–Kier alpha value is -2.90. The first-order valence-corrected chi connectivity index (χ1v) is 9.42. The van der Waals surface area contributed by atoms with Crippen LogP contribution in [0.5, 0.6) is 0 Å². The van der Waals surface area contributed by atoms with Crippen LogP contribution in [-0.4, -0.2) is 23.4 Å². The van der Waals surface area contributed by atoms with Gasteiger partial charge in [0.05, 0.1) is 6.42 Å². The summed E-state index contributed by atoms with van der Waals surface area (Å²) in [6, 6.07) is 12.0. The number of benzene rings is 2. The quantitative estimate of drug-likeness (QED) is 0.368. The van der Waals surface area contributed by atoms with E-state index < -0.39 is 11.8 Å². The Morgan fingerprint density at radius 3 is 2.34 bits per heavy atom. The van der Waals surface area contributed by atoms with Gasteiger partial charge in [0.15, 0.2) is 0 Å². The van der Waals surface area contributed by atoms with Gasteiger partial charge in [0, 0.05) is 28.0 Å². The minimum atomic E-state index is -0.956. The van der Waals surface area contributed by atoms with Crippen molar-refractivity contribution < 1.29 is 14.4 Å². The van der Waals surface area contributed by atoms with Crippen molar-refractivity contribution in [3.8, 4) is 0 Å². The van der Waals surface area contributed by atoms with E-state index in [4.69, 9.17) is 23.2 Å². The van der Waals surface area contributed by atoms with E-state index in [9.17, 15) is 14.4 Å². The molecule has 2 aromatic rings. The third-order valence-corrected chi connectivity index (χ3v) is 4.46. The van der Waals surface area contributed by atoms with Crippen molar-refractivity contribution in [2.45, 2.75) is 26.8 Å². The molecule has 0 bridgehead atoms. The first-order valence-electron chi connectivity index (χ1n) is 8.66. The topological polar surface area (TPSA) is 99.7 Å². The van der Waals surface area contributed by atoms with Crippen LogP contribution in [-0.2, 0) is 20.9 Å². The van der Waals surface area contributed by atoms with Gasteiger partial charge in [0.25, 0.3) is 0 Å². The largest absolute Gasteiger partial charge is 0.352 e. The standard InChI is InChI=1S/C20H20Cl2N4O3/c1-12-3-8-16(10-17(12)22)24-19(28)20(29)26-25-13(2)9-18(27)23-11-14-4-6-15(21)7-5-14/h3-8,10H,9,11H2,1-2H3,(H,23,27)(H,24,28)(H,26,29). The van der Waals surface area contributed by atoms with Gasteiger partial charge in [-0.3, -0.25) is 14.4 Å². The lowest BCUT2D eigenvalue weighted by atomic mass is 10.2. The van der Waals surface area contributed by atoms with Crippen LogP contribution in [0.3, 0.4) is 0 Å². The number of halogens is 2. The molecular weight excluding hydrogens is 415 g/mol. The van der Waals surface area contributed by atoms with Crippen molar-refractivity contribution in [3.05, 3.63) is 63.6 Å². The normalized spacial score (nSPS) is 11.0. The zero-order valence-electron chi connectivity index (χ0n) is 15.9. The maximum Gasteiger partial charge on any atom is 0.329 e. The summed E-state index contributed by atoms with van der Waals surface area (Å²) in [5.41, 5.74) is 4.61. The molecule has 0 aliphatic rings. The molecule has 0 aromatic heterocycles. The molecule has 0 aliphatic carbocycles. The van der Waals surface area contributed by atoms with Crippen LogP contribution in [0.4, 0.5) is 5.69 Å². The molecule has 9 heteroatoms. The van der Waals surface area contributed by atoms with Gasteiger partial charge in [-0.1, -0.05) is 41.4 Å². The second kappa shape index (κ2) is 10.6. The predicted molar refractivity (Wildman–Crippen MR) is 114 cm³/mol. The molecule has 0 atom stereocenters. The molecule has 0 spiro atoms. The Kier molecular flexibility index (Phi) is 8.18. The van der Waals surface area contributed by atoms with Crippen LogP contribution in [0.15, 0.2) is 47.6 Å². The molecule has 0 heterocycles. The Balaban J connectivity index is 1.78. The van der Waals surface area contributed by atoms with Crippen molar-refractivity contribution >= 4 is 52.3 Å². The van der Waals surface area contributed by atoms with E-state index in [0.717, 1.165) is 11.1 Å². The van der Waals surface area contributed by atoms with Crippen LogP contribution in [0.25, 0.3) is 0 Å². The van der Waals surface area contributed by atoms with Crippen LogP contribution >= 0.6 is 23.2 Å². The highest BCUT2D eigenvalue weighted by Crippen LogP contribution is 2.19. The summed E-state index contributed by atoms with van der Waals surface area (Å²) in [5, 5.41) is 10.0. The Morgan fingerprint density at radius 2 is 1.69 bits per heavy atom. The van der Waals surface area contributed by atoms with Crippen LogP contribution in [0.1, 0.15) is 24.5 Å². The number of hydrazone groups is 1. The van der Waals surface area contributed by atoms with Gasteiger partial charge >= 0.3 is 11.8 Å². The highest BCUT2D eigenvalue weighted by atomic mass is 35.5. The second-order valence-corrected chi connectivity index (χ2v) is 7.13. The van der Waals surface area contributed by atoms with Gasteiger partial charge in [0.1, 0.15) is 0 Å². The lowest BCUT2D eigenvalue weighted by Crippen LogP contribution is -2.33. The summed E-state index contributed by atoms with van der Waals surface area (Å²) in [7, 11) is 0. The van der Waals surface area contributed by atoms with E-state index in [1.807, 2.05) is 19.1 Å². The van der Waals surface area contributed by atoms with Crippen LogP contribution in [0, 0.1) is 6.92 Å². The van der Waals surface area contributed by atoms with Crippen molar-refractivity contribution in [2.24, 2.45) is 5.10 Å². The highest BCUT2D eigenvalue weighted by molar-refractivity contribution is 6.40. The number of amides is 3. The molecule has 7 nitrogen and oxygen atoms in total. The molecule has 0 aliphatic heterocycles. The SMILES string of the molecule is CC(CC(=O)NCc1ccc(Cl)cc1)=NNC(=O)C(=O)Nc1ccc(C)c(Cl)c1. The van der Waals surface area contributed by atoms with Crippen molar-refractivity contribution in [1.29, 1.82) is 0 Å². The fourth-order valence-electron chi connectivity index (χ4n) is 2.19. The number of hydrogen-bond donors (Lipinski definition) is 3. The summed E-state index contributed by atoms with van der Waals surface area (Å²) in [4.78, 5) is 35.7. The number of carbonyl (C=O) groups excluding carboxylic acids is 3. The Labute approximate surface area is 178 Å². The van der Waals surface area contributed by atoms with E-state index in [0.29, 0.717) is 28.0 Å². The zero-order valence-corrected chi connectivity index (χ0v) is 17.4. The Morgan fingerprint density at radius 1 is 1.00 bits per heavy atom. The minimum Gasteiger partial charge on any atom is -0.352 e. The van der Waals surface area contributed by atoms with Gasteiger partial charge < -0.3 is 10.6 Å². The van der Waals surface area contributed by atoms with E-state index in [2.05, 4.69) is 21.2 Å². The van der Waals surface area contributed by atoms with Gasteiger partial charge in [0.2, 0.25) is 5.91 Å². The van der Waals surface area contributed by atoms with Crippen molar-refractivity contribution in [2.75, 3.05) is 5.32 Å². The zero-order chi connectivity index (χ0) is 21.4. The van der Waals surface area contributed by atoms with Crippen molar-refractivity contribution in [1.82, 2.24) is 10.7 Å². The van der Waals surface area contributed by atoms with Crippen molar-refractivity contribution in [3.63, 3.8) is 0 Å². The average molecular weight is 435 g/mol. The van der Waals surface area contributed by atoms with Gasteiger partial charge in [-0.2, -0.15) is 5.10 Å². The number of anilines is 1. The number of carbonyl (C=O) groups is 3. The molecule has 0 saturated carbocycles. The molecule has 3 N–H and O–H groups in total. The second-order valence-electron chi connectivity index (χ2n) is 6.29. The van der Waals surface area contributed by atoms with Crippen LogP contribution < -0.4 is 16.1 Å². The number of nitrogens with zero attached hydrogens (tertiary/aromatic N) is 1. The molecule has 2 aromatic carbocycles. The van der Waals surface area contributed by atoms with E-state index in [1.165, 1.54) is 0 Å². The molecule has 0 unspecified atom stereocenters. The monoisotopic (exact) mass is 434 g/mol. The van der Waals surface area contributed by atoms with Gasteiger partial charge in [-0.25, -0.2) is 5.43 Å². The average Bonchev–Trinajstić information content (AvgIpc) is 2.68. The number of rotatable bonds is 6. The molecule has 152 valence electrons. The summed E-state index contributed by atoms with van der Waals surface area (Å²) >= 11 is 11.8. The number of nitrogens with one attached hydrogen (secondary N) is 3. The first kappa shape index (κ1) is 22.4. The number of hydrogen-bond acceptors (Lipinski definition) is 4.